The number of non-ortho nitro benzene ring substituents is 1. The molecule has 2 unspecified atom stereocenters. The number of hydrogen-bond acceptors (Lipinski definition) is 4. The SMILES string of the molecule is O=C(c1ccccc1)N(CC1CN(Cc2ccc([N+](=O)[O-])cc2)CC1c1ccccc1)C1CCCCC1. The van der Waals surface area contributed by atoms with E-state index in [1.807, 2.05) is 42.5 Å². The molecular weight excluding hydrogens is 462 g/mol. The van der Waals surface area contributed by atoms with Crippen molar-refractivity contribution in [3.63, 3.8) is 0 Å². The zero-order valence-corrected chi connectivity index (χ0v) is 21.2. The maximum atomic E-state index is 13.8. The lowest BCUT2D eigenvalue weighted by atomic mass is 9.87. The van der Waals surface area contributed by atoms with E-state index in [0.29, 0.717) is 17.9 Å². The van der Waals surface area contributed by atoms with Gasteiger partial charge in [-0.15, -0.1) is 0 Å². The minimum atomic E-state index is -0.356. The van der Waals surface area contributed by atoms with Crippen LogP contribution in [0.3, 0.4) is 0 Å². The molecule has 2 fully saturated rings. The van der Waals surface area contributed by atoms with Crippen molar-refractivity contribution in [3.8, 4) is 0 Å². The first-order chi connectivity index (χ1) is 18.1. The van der Waals surface area contributed by atoms with Gasteiger partial charge in [0, 0.05) is 55.8 Å². The van der Waals surface area contributed by atoms with E-state index in [1.165, 1.54) is 24.8 Å². The Kier molecular flexibility index (Phi) is 7.95. The van der Waals surface area contributed by atoms with E-state index in [-0.39, 0.29) is 16.5 Å². The lowest BCUT2D eigenvalue weighted by Crippen LogP contribution is -2.45. The molecule has 2 atom stereocenters. The lowest BCUT2D eigenvalue weighted by Gasteiger charge is -2.37. The van der Waals surface area contributed by atoms with E-state index in [2.05, 4.69) is 40.1 Å². The molecule has 3 aromatic carbocycles. The van der Waals surface area contributed by atoms with Gasteiger partial charge in [0.2, 0.25) is 0 Å². The molecule has 1 heterocycles. The van der Waals surface area contributed by atoms with Crippen LogP contribution < -0.4 is 0 Å². The predicted octanol–water partition coefficient (Wildman–Crippen LogP) is 6.29. The van der Waals surface area contributed by atoms with Gasteiger partial charge in [0.25, 0.3) is 11.6 Å². The maximum Gasteiger partial charge on any atom is 0.269 e. The first-order valence-electron chi connectivity index (χ1n) is 13.4. The van der Waals surface area contributed by atoms with Gasteiger partial charge in [-0.25, -0.2) is 0 Å². The van der Waals surface area contributed by atoms with Gasteiger partial charge in [-0.2, -0.15) is 0 Å². The van der Waals surface area contributed by atoms with Gasteiger partial charge in [0.05, 0.1) is 4.92 Å². The van der Waals surface area contributed by atoms with Gasteiger partial charge in [0.15, 0.2) is 0 Å². The highest BCUT2D eigenvalue weighted by Crippen LogP contribution is 2.36. The summed E-state index contributed by atoms with van der Waals surface area (Å²) < 4.78 is 0. The molecule has 192 valence electrons. The van der Waals surface area contributed by atoms with Gasteiger partial charge in [-0.1, -0.05) is 79.9 Å². The molecule has 0 bridgehead atoms. The number of nitrogens with zero attached hydrogens (tertiary/aromatic N) is 3. The van der Waals surface area contributed by atoms with Crippen molar-refractivity contribution in [3.05, 3.63) is 112 Å². The fraction of sp³-hybridized carbons (Fsp3) is 0.387. The second-order valence-corrected chi connectivity index (χ2v) is 10.5. The van der Waals surface area contributed by atoms with Crippen molar-refractivity contribution < 1.29 is 9.72 Å². The zero-order valence-electron chi connectivity index (χ0n) is 21.2. The van der Waals surface area contributed by atoms with E-state index < -0.39 is 0 Å². The summed E-state index contributed by atoms with van der Waals surface area (Å²) in [5.74, 6) is 0.789. The number of likely N-dealkylation sites (tertiary alicyclic amines) is 1. The molecule has 6 nitrogen and oxygen atoms in total. The van der Waals surface area contributed by atoms with Crippen molar-refractivity contribution in [2.45, 2.75) is 50.6 Å². The Morgan fingerprint density at radius 2 is 1.51 bits per heavy atom. The third-order valence-electron chi connectivity index (χ3n) is 8.03. The van der Waals surface area contributed by atoms with E-state index >= 15 is 0 Å². The Morgan fingerprint density at radius 3 is 2.16 bits per heavy atom. The molecule has 3 aromatic rings. The number of benzene rings is 3. The van der Waals surface area contributed by atoms with Gasteiger partial charge < -0.3 is 4.90 Å². The van der Waals surface area contributed by atoms with Gasteiger partial charge >= 0.3 is 0 Å². The maximum absolute atomic E-state index is 13.8. The number of carbonyl (C=O) groups is 1. The molecule has 2 aliphatic rings. The van der Waals surface area contributed by atoms with Gasteiger partial charge in [0.1, 0.15) is 0 Å². The summed E-state index contributed by atoms with van der Waals surface area (Å²) in [6, 6.07) is 27.5. The molecule has 1 amide bonds. The van der Waals surface area contributed by atoms with E-state index in [9.17, 15) is 14.9 Å². The lowest BCUT2D eigenvalue weighted by molar-refractivity contribution is -0.384. The normalized spacial score (nSPS) is 20.5. The van der Waals surface area contributed by atoms with Crippen LogP contribution in [0.1, 0.15) is 59.5 Å². The van der Waals surface area contributed by atoms with Gasteiger partial charge in [-0.05, 0) is 42.0 Å². The average molecular weight is 498 g/mol. The number of nitro benzene ring substituents is 1. The van der Waals surface area contributed by atoms with Crippen LogP contribution in [0.2, 0.25) is 0 Å². The summed E-state index contributed by atoms with van der Waals surface area (Å²) in [6.07, 6.45) is 5.77. The van der Waals surface area contributed by atoms with Crippen LogP contribution in [0.25, 0.3) is 0 Å². The van der Waals surface area contributed by atoms with Crippen LogP contribution in [0, 0.1) is 16.0 Å². The Labute approximate surface area is 219 Å². The summed E-state index contributed by atoms with van der Waals surface area (Å²) in [5, 5.41) is 11.1. The molecule has 1 aliphatic carbocycles. The minimum absolute atomic E-state index is 0.118. The van der Waals surface area contributed by atoms with Crippen molar-refractivity contribution in [1.82, 2.24) is 9.80 Å². The van der Waals surface area contributed by atoms with E-state index in [1.54, 1.807) is 12.1 Å². The smallest absolute Gasteiger partial charge is 0.269 e. The zero-order chi connectivity index (χ0) is 25.6. The highest BCUT2D eigenvalue weighted by Gasteiger charge is 2.37. The standard InChI is InChI=1S/C31H35N3O3/c35-31(26-12-6-2-7-13-26)33(28-14-8-3-9-15-28)22-27-21-32(23-30(27)25-10-4-1-5-11-25)20-24-16-18-29(19-17-24)34(36)37/h1-2,4-7,10-13,16-19,27-28,30H,3,8-9,14-15,20-23H2. The first kappa shape index (κ1) is 25.2. The van der Waals surface area contributed by atoms with Crippen LogP contribution in [-0.4, -0.2) is 46.3 Å². The summed E-state index contributed by atoms with van der Waals surface area (Å²) in [5.41, 5.74) is 3.27. The topological polar surface area (TPSA) is 66.7 Å². The van der Waals surface area contributed by atoms with E-state index in [0.717, 1.165) is 50.1 Å². The minimum Gasteiger partial charge on any atom is -0.335 e. The summed E-state index contributed by atoms with van der Waals surface area (Å²) in [7, 11) is 0. The molecule has 0 aromatic heterocycles. The van der Waals surface area contributed by atoms with Crippen LogP contribution in [-0.2, 0) is 6.54 Å². The predicted molar refractivity (Wildman–Crippen MR) is 145 cm³/mol. The first-order valence-corrected chi connectivity index (χ1v) is 13.4. The Hall–Kier alpha value is -3.51. The fourth-order valence-corrected chi connectivity index (χ4v) is 6.12. The summed E-state index contributed by atoms with van der Waals surface area (Å²) in [6.45, 7) is 3.29. The quantitative estimate of drug-likeness (QED) is 0.271. The van der Waals surface area contributed by atoms with Crippen molar-refractivity contribution in [2.75, 3.05) is 19.6 Å². The number of hydrogen-bond donors (Lipinski definition) is 0. The second-order valence-electron chi connectivity index (χ2n) is 10.5. The third-order valence-corrected chi connectivity index (χ3v) is 8.03. The Balaban J connectivity index is 1.38. The molecule has 6 heteroatoms. The third kappa shape index (κ3) is 6.08. The summed E-state index contributed by atoms with van der Waals surface area (Å²) in [4.78, 5) is 29.1. The highest BCUT2D eigenvalue weighted by molar-refractivity contribution is 5.94. The Morgan fingerprint density at radius 1 is 0.865 bits per heavy atom. The average Bonchev–Trinajstić information content (AvgIpc) is 3.35. The molecule has 1 aliphatic heterocycles. The van der Waals surface area contributed by atoms with Crippen LogP contribution in [0.15, 0.2) is 84.9 Å². The van der Waals surface area contributed by atoms with Crippen LogP contribution in [0.4, 0.5) is 5.69 Å². The molecule has 5 rings (SSSR count). The largest absolute Gasteiger partial charge is 0.335 e. The Bertz CT molecular complexity index is 1180. The van der Waals surface area contributed by atoms with Crippen LogP contribution >= 0.6 is 0 Å². The molecular formula is C31H35N3O3. The number of rotatable bonds is 8. The summed E-state index contributed by atoms with van der Waals surface area (Å²) >= 11 is 0. The monoisotopic (exact) mass is 497 g/mol. The van der Waals surface area contributed by atoms with Gasteiger partial charge in [-0.3, -0.25) is 19.8 Å². The number of carbonyl (C=O) groups excluding carboxylic acids is 1. The molecule has 1 saturated carbocycles. The molecule has 37 heavy (non-hydrogen) atoms. The van der Waals surface area contributed by atoms with Crippen LogP contribution in [0.5, 0.6) is 0 Å². The second kappa shape index (κ2) is 11.7. The molecule has 1 saturated heterocycles. The molecule has 0 radical (unpaired) electrons. The fourth-order valence-electron chi connectivity index (χ4n) is 6.12. The highest BCUT2D eigenvalue weighted by atomic mass is 16.6. The number of nitro groups is 1. The molecule has 0 N–H and O–H groups in total. The molecule has 0 spiro atoms. The van der Waals surface area contributed by atoms with Crippen molar-refractivity contribution >= 4 is 11.6 Å². The van der Waals surface area contributed by atoms with Crippen molar-refractivity contribution in [1.29, 1.82) is 0 Å². The number of amides is 1. The van der Waals surface area contributed by atoms with Crippen molar-refractivity contribution in [2.24, 2.45) is 5.92 Å². The van der Waals surface area contributed by atoms with E-state index in [4.69, 9.17) is 0 Å².